The predicted molar refractivity (Wildman–Crippen MR) is 87.8 cm³/mol. The van der Waals surface area contributed by atoms with Crippen molar-refractivity contribution in [3.05, 3.63) is 20.8 Å². The van der Waals surface area contributed by atoms with Crippen molar-refractivity contribution in [2.75, 3.05) is 26.2 Å². The van der Waals surface area contributed by atoms with E-state index in [9.17, 15) is 9.59 Å². The first-order valence-corrected chi connectivity index (χ1v) is 8.68. The number of hydrogen-bond donors (Lipinski definition) is 1. The Morgan fingerprint density at radius 2 is 1.86 bits per heavy atom. The van der Waals surface area contributed by atoms with E-state index in [0.29, 0.717) is 26.2 Å². The molecule has 0 aliphatic carbocycles. The summed E-state index contributed by atoms with van der Waals surface area (Å²) in [7, 11) is 0. The molecule has 0 bridgehead atoms. The molecule has 1 aliphatic rings. The van der Waals surface area contributed by atoms with E-state index in [4.69, 9.17) is 0 Å². The molecule has 1 aromatic heterocycles. The first-order valence-electron chi connectivity index (χ1n) is 7.07. The van der Waals surface area contributed by atoms with Gasteiger partial charge in [-0.15, -0.1) is 11.3 Å². The van der Waals surface area contributed by atoms with Crippen LogP contribution in [0, 0.1) is 0 Å². The molecule has 0 radical (unpaired) electrons. The summed E-state index contributed by atoms with van der Waals surface area (Å²) in [6.45, 7) is 6.44. The van der Waals surface area contributed by atoms with Crippen LogP contribution < -0.4 is 5.32 Å². The largest absolute Gasteiger partial charge is 0.336 e. The Morgan fingerprint density at radius 3 is 2.48 bits per heavy atom. The molecule has 7 heteroatoms. The first kappa shape index (κ1) is 16.3. The number of carbonyl (C=O) groups is 2. The van der Waals surface area contributed by atoms with E-state index in [0.717, 1.165) is 15.1 Å². The van der Waals surface area contributed by atoms with Crippen molar-refractivity contribution in [2.24, 2.45) is 0 Å². The van der Waals surface area contributed by atoms with Crippen LogP contribution in [0.5, 0.6) is 0 Å². The zero-order valence-electron chi connectivity index (χ0n) is 12.3. The van der Waals surface area contributed by atoms with Gasteiger partial charge in [-0.1, -0.05) is 0 Å². The highest BCUT2D eigenvalue weighted by Crippen LogP contribution is 2.23. The van der Waals surface area contributed by atoms with Gasteiger partial charge in [0.2, 0.25) is 0 Å². The minimum Gasteiger partial charge on any atom is -0.336 e. The zero-order chi connectivity index (χ0) is 15.4. The van der Waals surface area contributed by atoms with Crippen molar-refractivity contribution >= 4 is 39.2 Å². The molecule has 116 valence electrons. The van der Waals surface area contributed by atoms with E-state index in [-0.39, 0.29) is 18.0 Å². The normalized spacial score (nSPS) is 16.0. The number of thiophene rings is 1. The number of rotatable bonds is 2. The topological polar surface area (TPSA) is 52.7 Å². The lowest BCUT2D eigenvalue weighted by molar-refractivity contribution is 0.0767. The van der Waals surface area contributed by atoms with Gasteiger partial charge in [0.05, 0.1) is 8.66 Å². The van der Waals surface area contributed by atoms with Gasteiger partial charge in [0.15, 0.2) is 0 Å². The van der Waals surface area contributed by atoms with Crippen LogP contribution in [0.3, 0.4) is 0 Å². The average Bonchev–Trinajstić information content (AvgIpc) is 2.71. The predicted octanol–water partition coefficient (Wildman–Crippen LogP) is 2.78. The second-order valence-corrected chi connectivity index (χ2v) is 7.80. The number of amides is 3. The molecule has 1 aromatic rings. The maximum absolute atomic E-state index is 12.4. The summed E-state index contributed by atoms with van der Waals surface area (Å²) < 4.78 is 0.957. The third-order valence-electron chi connectivity index (χ3n) is 3.27. The van der Waals surface area contributed by atoms with Gasteiger partial charge >= 0.3 is 6.03 Å². The Bertz CT molecular complexity index is 518. The molecule has 3 amide bonds. The third-order valence-corrected chi connectivity index (χ3v) is 4.88. The lowest BCUT2D eigenvalue weighted by Gasteiger charge is -2.23. The number of nitrogens with one attached hydrogen (secondary N) is 1. The molecule has 0 saturated carbocycles. The van der Waals surface area contributed by atoms with Crippen molar-refractivity contribution < 1.29 is 9.59 Å². The number of hydrogen-bond acceptors (Lipinski definition) is 3. The Balaban J connectivity index is 1.94. The Labute approximate surface area is 137 Å². The minimum absolute atomic E-state index is 0.0434. The smallest absolute Gasteiger partial charge is 0.317 e. The lowest BCUT2D eigenvalue weighted by atomic mass is 10.3. The molecular formula is C14H20BrN3O2S. The van der Waals surface area contributed by atoms with E-state index < -0.39 is 0 Å². The van der Waals surface area contributed by atoms with E-state index >= 15 is 0 Å². The summed E-state index contributed by atoms with van der Waals surface area (Å²) in [5, 5.41) is 2.90. The number of carbonyl (C=O) groups excluding carboxylic acids is 2. The summed E-state index contributed by atoms with van der Waals surface area (Å²) in [4.78, 5) is 28.8. The SMILES string of the molecule is CC(C)NC(=O)N1CCCN(C(=O)c2ccc(Br)s2)CC1. The molecule has 0 aromatic carbocycles. The van der Waals surface area contributed by atoms with E-state index in [1.807, 2.05) is 30.9 Å². The Hall–Kier alpha value is -1.08. The highest BCUT2D eigenvalue weighted by atomic mass is 79.9. The van der Waals surface area contributed by atoms with Gasteiger partial charge in [-0.2, -0.15) is 0 Å². The number of halogens is 1. The minimum atomic E-state index is -0.0434. The monoisotopic (exact) mass is 373 g/mol. The summed E-state index contributed by atoms with van der Waals surface area (Å²) in [6.07, 6.45) is 0.809. The molecule has 1 aliphatic heterocycles. The Kier molecular flexibility index (Phi) is 5.64. The van der Waals surface area contributed by atoms with Gasteiger partial charge in [0, 0.05) is 32.2 Å². The summed E-state index contributed by atoms with van der Waals surface area (Å²) in [5.74, 6) is 0.0526. The molecular weight excluding hydrogens is 354 g/mol. The standard InChI is InChI=1S/C14H20BrN3O2S/c1-10(2)16-14(20)18-7-3-6-17(8-9-18)13(19)11-4-5-12(15)21-11/h4-5,10H,3,6-9H2,1-2H3,(H,16,20). The van der Waals surface area contributed by atoms with Crippen LogP contribution in [0.2, 0.25) is 0 Å². The van der Waals surface area contributed by atoms with Gasteiger partial charge < -0.3 is 15.1 Å². The summed E-state index contributed by atoms with van der Waals surface area (Å²) in [6, 6.07) is 3.81. The van der Waals surface area contributed by atoms with Crippen LogP contribution in [0.25, 0.3) is 0 Å². The van der Waals surface area contributed by atoms with Crippen molar-refractivity contribution in [3.8, 4) is 0 Å². The molecule has 0 atom stereocenters. The molecule has 2 heterocycles. The molecule has 1 N–H and O–H groups in total. The van der Waals surface area contributed by atoms with Crippen molar-refractivity contribution in [1.82, 2.24) is 15.1 Å². The highest BCUT2D eigenvalue weighted by molar-refractivity contribution is 9.11. The maximum atomic E-state index is 12.4. The van der Waals surface area contributed by atoms with Gasteiger partial charge in [0.1, 0.15) is 0 Å². The van der Waals surface area contributed by atoms with Crippen LogP contribution in [-0.4, -0.2) is 54.0 Å². The molecule has 5 nitrogen and oxygen atoms in total. The van der Waals surface area contributed by atoms with Crippen molar-refractivity contribution in [1.29, 1.82) is 0 Å². The summed E-state index contributed by atoms with van der Waals surface area (Å²) in [5.41, 5.74) is 0. The second-order valence-electron chi connectivity index (χ2n) is 5.34. The fourth-order valence-electron chi connectivity index (χ4n) is 2.25. The van der Waals surface area contributed by atoms with Crippen molar-refractivity contribution in [3.63, 3.8) is 0 Å². The van der Waals surface area contributed by atoms with E-state index in [1.165, 1.54) is 11.3 Å². The fourth-order valence-corrected chi connectivity index (χ4v) is 3.60. The number of urea groups is 1. The fraction of sp³-hybridized carbons (Fsp3) is 0.571. The second kappa shape index (κ2) is 7.26. The highest BCUT2D eigenvalue weighted by Gasteiger charge is 2.23. The molecule has 21 heavy (non-hydrogen) atoms. The van der Waals surface area contributed by atoms with Crippen LogP contribution in [0.1, 0.15) is 29.9 Å². The molecule has 1 saturated heterocycles. The van der Waals surface area contributed by atoms with Crippen LogP contribution in [0.4, 0.5) is 4.79 Å². The van der Waals surface area contributed by atoms with Crippen molar-refractivity contribution in [2.45, 2.75) is 26.3 Å². The quantitative estimate of drug-likeness (QED) is 0.866. The van der Waals surface area contributed by atoms with E-state index in [2.05, 4.69) is 21.2 Å². The number of nitrogens with zero attached hydrogens (tertiary/aromatic N) is 2. The first-order chi connectivity index (χ1) is 9.97. The Morgan fingerprint density at radius 1 is 1.19 bits per heavy atom. The summed E-state index contributed by atoms with van der Waals surface area (Å²) >= 11 is 4.82. The van der Waals surface area contributed by atoms with Gasteiger partial charge in [-0.3, -0.25) is 4.79 Å². The third kappa shape index (κ3) is 4.44. The molecule has 0 spiro atoms. The maximum Gasteiger partial charge on any atom is 0.317 e. The molecule has 2 rings (SSSR count). The zero-order valence-corrected chi connectivity index (χ0v) is 14.7. The van der Waals surface area contributed by atoms with Crippen LogP contribution in [-0.2, 0) is 0 Å². The van der Waals surface area contributed by atoms with Crippen LogP contribution >= 0.6 is 27.3 Å². The van der Waals surface area contributed by atoms with Gasteiger partial charge in [-0.25, -0.2) is 4.79 Å². The van der Waals surface area contributed by atoms with Gasteiger partial charge in [0.25, 0.3) is 5.91 Å². The molecule has 1 fully saturated rings. The van der Waals surface area contributed by atoms with E-state index in [1.54, 1.807) is 4.90 Å². The average molecular weight is 374 g/mol. The van der Waals surface area contributed by atoms with Crippen LogP contribution in [0.15, 0.2) is 15.9 Å². The lowest BCUT2D eigenvalue weighted by Crippen LogP contribution is -2.44. The van der Waals surface area contributed by atoms with Gasteiger partial charge in [-0.05, 0) is 48.3 Å². The molecule has 0 unspecified atom stereocenters.